The summed E-state index contributed by atoms with van der Waals surface area (Å²) in [4.78, 5) is 38.4. The van der Waals surface area contributed by atoms with Gasteiger partial charge in [0.2, 0.25) is 12.0 Å². The first-order valence-electron chi connectivity index (χ1n) is 14.1. The van der Waals surface area contributed by atoms with E-state index in [1.54, 1.807) is 0 Å². The van der Waals surface area contributed by atoms with Crippen LogP contribution < -0.4 is 5.73 Å². The SMILES string of the molecule is C[C@@H](OC(=O)C12CC3CC(CC(C3)C1)C2)OC(=O)[C@@]1(N)[C@H]2[C@@H](C[C@H]1OCc1ccc(C(F)(F)F)cc1)[C@]2(F)C(=O)O. The van der Waals surface area contributed by atoms with Crippen LogP contribution in [0.1, 0.15) is 63.0 Å². The number of hydrogen-bond donors (Lipinski definition) is 2. The van der Waals surface area contributed by atoms with Crippen LogP contribution >= 0.6 is 0 Å². The molecule has 0 amide bonds. The molecule has 4 bridgehead atoms. The quantitative estimate of drug-likeness (QED) is 0.263. The van der Waals surface area contributed by atoms with Gasteiger partial charge in [-0.1, -0.05) is 12.1 Å². The van der Waals surface area contributed by atoms with Gasteiger partial charge in [-0.05, 0) is 80.4 Å². The second-order valence-electron chi connectivity index (χ2n) is 12.9. The molecule has 6 fully saturated rings. The molecule has 8 nitrogen and oxygen atoms in total. The van der Waals surface area contributed by atoms with Crippen LogP contribution in [0, 0.1) is 35.0 Å². The summed E-state index contributed by atoms with van der Waals surface area (Å²) in [6.07, 6.45) is -1.66. The predicted molar refractivity (Wildman–Crippen MR) is 132 cm³/mol. The van der Waals surface area contributed by atoms with Crippen LogP contribution in [0.25, 0.3) is 0 Å². The van der Waals surface area contributed by atoms with E-state index in [1.807, 2.05) is 0 Å². The number of alkyl halides is 4. The van der Waals surface area contributed by atoms with Crippen molar-refractivity contribution in [2.45, 2.75) is 88.3 Å². The molecular weight excluding hydrogens is 550 g/mol. The molecule has 0 aliphatic heterocycles. The number of hydrogen-bond acceptors (Lipinski definition) is 7. The molecule has 0 radical (unpaired) electrons. The van der Waals surface area contributed by atoms with E-state index in [1.165, 1.54) is 19.1 Å². The molecule has 1 aromatic carbocycles. The van der Waals surface area contributed by atoms with E-state index in [0.717, 1.165) is 50.7 Å². The van der Waals surface area contributed by atoms with Gasteiger partial charge >= 0.3 is 24.1 Å². The van der Waals surface area contributed by atoms with Crippen LogP contribution in [0.4, 0.5) is 17.6 Å². The van der Waals surface area contributed by atoms with Crippen molar-refractivity contribution in [3.05, 3.63) is 35.4 Å². The highest BCUT2D eigenvalue weighted by Crippen LogP contribution is 2.67. The summed E-state index contributed by atoms with van der Waals surface area (Å²) in [5.74, 6) is -4.43. The first-order valence-corrected chi connectivity index (χ1v) is 14.1. The number of fused-ring (bicyclic) bond motifs is 1. The van der Waals surface area contributed by atoms with Crippen LogP contribution in [0.3, 0.4) is 0 Å². The first-order chi connectivity index (χ1) is 19.2. The Morgan fingerprint density at radius 2 is 1.51 bits per heavy atom. The zero-order chi connectivity index (χ0) is 29.5. The predicted octanol–water partition coefficient (Wildman–Crippen LogP) is 4.38. The molecule has 1 aromatic rings. The zero-order valence-electron chi connectivity index (χ0n) is 22.5. The maximum absolute atomic E-state index is 15.3. The highest BCUT2D eigenvalue weighted by molar-refractivity contribution is 5.91. The number of carboxylic acid groups (broad SMARTS) is 1. The minimum Gasteiger partial charge on any atom is -0.479 e. The molecule has 6 aliphatic rings. The molecule has 7 rings (SSSR count). The normalized spacial score (nSPS) is 41.0. The summed E-state index contributed by atoms with van der Waals surface area (Å²) in [7, 11) is 0. The van der Waals surface area contributed by atoms with E-state index >= 15 is 4.39 Å². The Morgan fingerprint density at radius 1 is 0.976 bits per heavy atom. The number of ether oxygens (including phenoxy) is 3. The molecule has 3 N–H and O–H groups in total. The van der Waals surface area contributed by atoms with Crippen molar-refractivity contribution < 1.29 is 51.3 Å². The van der Waals surface area contributed by atoms with E-state index in [-0.39, 0.29) is 13.0 Å². The number of nitrogens with two attached hydrogens (primary N) is 1. The molecular formula is C29H33F4NO7. The third-order valence-electron chi connectivity index (χ3n) is 10.2. The maximum atomic E-state index is 15.3. The number of esters is 2. The van der Waals surface area contributed by atoms with Crippen LogP contribution in [-0.4, -0.2) is 46.6 Å². The number of rotatable bonds is 8. The number of carbonyl (C=O) groups is 3. The van der Waals surface area contributed by atoms with Gasteiger partial charge in [0.1, 0.15) is 5.54 Å². The minimum atomic E-state index is -4.51. The van der Waals surface area contributed by atoms with Gasteiger partial charge in [0.15, 0.2) is 0 Å². The monoisotopic (exact) mass is 583 g/mol. The lowest BCUT2D eigenvalue weighted by molar-refractivity contribution is -0.207. The molecule has 0 spiro atoms. The van der Waals surface area contributed by atoms with E-state index in [2.05, 4.69) is 0 Å². The standard InChI is InChI=1S/C29H33F4NO7/c1-14(40-24(37)26-10-16-6-17(11-26)8-18(7-16)12-26)41-25(38)28(34)21(9-20-22(28)27(20,30)23(35)36)39-13-15-2-4-19(5-3-15)29(31,32)33/h2-5,14,16-18,20-22H,6-13,34H2,1H3,(H,35,36)/t14-,16?,17?,18?,20+,21+,22-,26?,27+,28-/m0/s1. The minimum absolute atomic E-state index is 0.207. The van der Waals surface area contributed by atoms with Crippen LogP contribution in [-0.2, 0) is 41.4 Å². The smallest absolute Gasteiger partial charge is 0.416 e. The summed E-state index contributed by atoms with van der Waals surface area (Å²) in [6.45, 7) is 1.11. The van der Waals surface area contributed by atoms with Gasteiger partial charge < -0.3 is 25.1 Å². The third kappa shape index (κ3) is 4.52. The lowest BCUT2D eigenvalue weighted by atomic mass is 9.49. The molecule has 6 atom stereocenters. The van der Waals surface area contributed by atoms with Crippen LogP contribution in [0.15, 0.2) is 24.3 Å². The second-order valence-corrected chi connectivity index (χ2v) is 12.9. The molecule has 6 saturated carbocycles. The average Bonchev–Trinajstić information content (AvgIpc) is 3.36. The fraction of sp³-hybridized carbons (Fsp3) is 0.690. The van der Waals surface area contributed by atoms with Crippen molar-refractivity contribution in [2.24, 2.45) is 40.7 Å². The lowest BCUT2D eigenvalue weighted by Gasteiger charge is -2.55. The molecule has 224 valence electrons. The summed E-state index contributed by atoms with van der Waals surface area (Å²) in [5, 5.41) is 9.49. The van der Waals surface area contributed by atoms with Crippen molar-refractivity contribution in [1.82, 2.24) is 0 Å². The van der Waals surface area contributed by atoms with Crippen molar-refractivity contribution in [3.8, 4) is 0 Å². The Labute approximate surface area is 233 Å². The van der Waals surface area contributed by atoms with Gasteiger partial charge in [-0.15, -0.1) is 0 Å². The third-order valence-corrected chi connectivity index (χ3v) is 10.2. The highest BCUT2D eigenvalue weighted by Gasteiger charge is 2.85. The molecule has 0 saturated heterocycles. The fourth-order valence-electron chi connectivity index (χ4n) is 8.69. The first kappa shape index (κ1) is 28.4. The van der Waals surface area contributed by atoms with Crippen molar-refractivity contribution >= 4 is 17.9 Å². The topological polar surface area (TPSA) is 125 Å². The molecule has 41 heavy (non-hydrogen) atoms. The Balaban J connectivity index is 1.14. The number of benzene rings is 1. The number of carbonyl (C=O) groups excluding carboxylic acids is 2. The number of carboxylic acids is 1. The summed E-state index contributed by atoms with van der Waals surface area (Å²) in [5.41, 5.74) is 0.354. The number of aliphatic carboxylic acids is 1. The molecule has 6 aliphatic carbocycles. The molecule has 12 heteroatoms. The highest BCUT2D eigenvalue weighted by atomic mass is 19.4. The molecule has 0 aromatic heterocycles. The van der Waals surface area contributed by atoms with Crippen LogP contribution in [0.2, 0.25) is 0 Å². The van der Waals surface area contributed by atoms with Crippen LogP contribution in [0.5, 0.6) is 0 Å². The maximum Gasteiger partial charge on any atom is 0.416 e. The Hall–Kier alpha value is -2.73. The molecule has 0 heterocycles. The summed E-state index contributed by atoms with van der Waals surface area (Å²) >= 11 is 0. The van der Waals surface area contributed by atoms with Gasteiger partial charge in [0.25, 0.3) is 0 Å². The van der Waals surface area contributed by atoms with Gasteiger partial charge in [0, 0.05) is 18.8 Å². The largest absolute Gasteiger partial charge is 0.479 e. The fourth-order valence-corrected chi connectivity index (χ4v) is 8.69. The van der Waals surface area contributed by atoms with Gasteiger partial charge in [0.05, 0.1) is 23.7 Å². The van der Waals surface area contributed by atoms with Crippen molar-refractivity contribution in [3.63, 3.8) is 0 Å². The Bertz CT molecular complexity index is 1220. The van der Waals surface area contributed by atoms with E-state index in [4.69, 9.17) is 19.9 Å². The zero-order valence-corrected chi connectivity index (χ0v) is 22.5. The second kappa shape index (κ2) is 9.39. The summed E-state index contributed by atoms with van der Waals surface area (Å²) < 4.78 is 70.7. The lowest BCUT2D eigenvalue weighted by Crippen LogP contribution is -2.61. The van der Waals surface area contributed by atoms with Gasteiger partial charge in [-0.3, -0.25) is 4.79 Å². The Morgan fingerprint density at radius 3 is 2.02 bits per heavy atom. The van der Waals surface area contributed by atoms with Gasteiger partial charge in [-0.2, -0.15) is 13.2 Å². The Kier molecular flexibility index (Phi) is 6.50. The van der Waals surface area contributed by atoms with E-state index < -0.39 is 70.5 Å². The number of halogens is 4. The van der Waals surface area contributed by atoms with E-state index in [9.17, 15) is 32.7 Å². The van der Waals surface area contributed by atoms with Gasteiger partial charge in [-0.25, -0.2) is 14.0 Å². The summed E-state index contributed by atoms with van der Waals surface area (Å²) in [6, 6.07) is 4.17. The molecule has 0 unspecified atom stereocenters. The average molecular weight is 584 g/mol. The van der Waals surface area contributed by atoms with Crippen molar-refractivity contribution in [1.29, 1.82) is 0 Å². The van der Waals surface area contributed by atoms with E-state index in [0.29, 0.717) is 23.3 Å². The van der Waals surface area contributed by atoms with Crippen molar-refractivity contribution in [2.75, 3.05) is 0 Å².